The normalized spacial score (nSPS) is 21.8. The van der Waals surface area contributed by atoms with Gasteiger partial charge in [0.05, 0.1) is 29.4 Å². The van der Waals surface area contributed by atoms with Gasteiger partial charge in [0.15, 0.2) is 5.65 Å². The molecule has 0 bridgehead atoms. The number of methoxy groups -OCH3 is 1. The number of hydrogen-bond acceptors (Lipinski definition) is 12. The van der Waals surface area contributed by atoms with E-state index in [1.807, 2.05) is 23.9 Å². The molecule has 11 nitrogen and oxygen atoms in total. The van der Waals surface area contributed by atoms with Crippen LogP contribution in [0.4, 0.5) is 21.0 Å². The third-order valence-corrected chi connectivity index (χ3v) is 11.8. The first-order valence-electron chi connectivity index (χ1n) is 14.1. The van der Waals surface area contributed by atoms with Gasteiger partial charge in [0.25, 0.3) is 0 Å². The third kappa shape index (κ3) is 4.88. The van der Waals surface area contributed by atoms with Crippen LogP contribution in [-0.4, -0.2) is 75.1 Å². The van der Waals surface area contributed by atoms with Crippen molar-refractivity contribution in [1.29, 1.82) is 5.26 Å². The highest BCUT2D eigenvalue weighted by atomic mass is 79.9. The van der Waals surface area contributed by atoms with Crippen LogP contribution in [0, 0.1) is 11.3 Å². The van der Waals surface area contributed by atoms with E-state index in [0.29, 0.717) is 58.9 Å². The standard InChI is InChI=1S/C21H18BrN9OS2.C7H12FN/c1-32-20-27-18(30-8-21(9-30)14-11(5-23)17(25)34-12(14)7-33-21)13-15(22)29-31(19(13)28-20)6-10-3-2-4-26-16(10)24;8-6-4-7-2-1-3-9(7)5-6/h2-4H,6-9,25H2,1H3,(H2,24,26);6-7H,1-5H2. The number of fused-ring (bicyclic) bond motifs is 4. The average molecular weight is 686 g/mol. The van der Waals surface area contributed by atoms with E-state index in [-0.39, 0.29) is 10.8 Å². The fraction of sp³-hybridized carbons (Fsp3) is 0.464. The van der Waals surface area contributed by atoms with Gasteiger partial charge < -0.3 is 21.1 Å². The quantitative estimate of drug-likeness (QED) is 0.317. The Kier molecular flexibility index (Phi) is 7.35. The fourth-order valence-electron chi connectivity index (χ4n) is 6.63. The number of anilines is 3. The maximum absolute atomic E-state index is 12.6. The van der Waals surface area contributed by atoms with Gasteiger partial charge >= 0.3 is 6.01 Å². The van der Waals surface area contributed by atoms with Gasteiger partial charge in [0, 0.05) is 53.6 Å². The number of ether oxygens (including phenoxy) is 1. The zero-order chi connectivity index (χ0) is 29.9. The molecule has 3 fully saturated rings. The minimum Gasteiger partial charge on any atom is -0.467 e. The predicted octanol–water partition coefficient (Wildman–Crippen LogP) is 4.29. The molecule has 0 saturated carbocycles. The molecule has 2 atom stereocenters. The number of aromatic nitrogens is 5. The van der Waals surface area contributed by atoms with Crippen LogP contribution in [-0.2, 0) is 17.0 Å². The van der Waals surface area contributed by atoms with Crippen LogP contribution in [0.1, 0.15) is 40.8 Å². The number of halogens is 2. The minimum atomic E-state index is -0.518. The molecule has 0 radical (unpaired) electrons. The number of nitriles is 1. The SMILES string of the molecule is COc1nc(N2CC3(C2)SCc2sc(N)c(C#N)c23)c2c(Br)nn(Cc3cccnc3N)c2n1.FC1CC2CCCN2C1. The predicted molar refractivity (Wildman–Crippen MR) is 170 cm³/mol. The molecule has 0 aromatic carbocycles. The lowest BCUT2D eigenvalue weighted by molar-refractivity contribution is 0.292. The number of hydrogen-bond donors (Lipinski definition) is 2. The number of nitrogens with zero attached hydrogens (tertiary/aromatic N) is 8. The van der Waals surface area contributed by atoms with Crippen molar-refractivity contribution in [3.8, 4) is 12.1 Å². The molecule has 1 spiro atoms. The molecular formula is C28H30BrFN10OS2. The summed E-state index contributed by atoms with van der Waals surface area (Å²) in [5.74, 6) is 2.06. The van der Waals surface area contributed by atoms with Crippen LogP contribution in [0.25, 0.3) is 11.0 Å². The molecule has 224 valence electrons. The van der Waals surface area contributed by atoms with Crippen molar-refractivity contribution in [2.24, 2.45) is 0 Å². The molecule has 4 N–H and O–H groups in total. The molecule has 4 aliphatic rings. The largest absolute Gasteiger partial charge is 0.467 e. The highest BCUT2D eigenvalue weighted by Crippen LogP contribution is 2.58. The summed E-state index contributed by atoms with van der Waals surface area (Å²) in [6.07, 6.45) is 4.47. The number of nitrogen functional groups attached to an aromatic ring is 2. The van der Waals surface area contributed by atoms with E-state index in [9.17, 15) is 9.65 Å². The zero-order valence-corrected chi connectivity index (χ0v) is 26.7. The van der Waals surface area contributed by atoms with E-state index in [0.717, 1.165) is 41.0 Å². The van der Waals surface area contributed by atoms with Gasteiger partial charge in [-0.1, -0.05) is 6.07 Å². The zero-order valence-electron chi connectivity index (χ0n) is 23.5. The molecule has 0 amide bonds. The molecule has 15 heteroatoms. The highest BCUT2D eigenvalue weighted by molar-refractivity contribution is 9.10. The first kappa shape index (κ1) is 28.6. The molecule has 3 saturated heterocycles. The second-order valence-corrected chi connectivity index (χ2v) is 14.5. The Bertz CT molecular complexity index is 1740. The Morgan fingerprint density at radius 1 is 1.30 bits per heavy atom. The van der Waals surface area contributed by atoms with Crippen LogP contribution >= 0.6 is 39.0 Å². The van der Waals surface area contributed by atoms with E-state index in [4.69, 9.17) is 16.2 Å². The van der Waals surface area contributed by atoms with Crippen LogP contribution < -0.4 is 21.1 Å². The van der Waals surface area contributed by atoms with Crippen molar-refractivity contribution in [2.45, 2.75) is 48.5 Å². The van der Waals surface area contributed by atoms with Crippen molar-refractivity contribution in [2.75, 3.05) is 49.7 Å². The van der Waals surface area contributed by atoms with Crippen LogP contribution in [0.5, 0.6) is 6.01 Å². The minimum absolute atomic E-state index is 0.161. The summed E-state index contributed by atoms with van der Waals surface area (Å²) in [5, 5.41) is 15.7. The summed E-state index contributed by atoms with van der Waals surface area (Å²) in [7, 11) is 1.55. The highest BCUT2D eigenvalue weighted by Gasteiger charge is 2.53. The summed E-state index contributed by atoms with van der Waals surface area (Å²) < 4.78 is 20.3. The first-order valence-corrected chi connectivity index (χ1v) is 16.7. The number of nitrogens with two attached hydrogens (primary N) is 2. The van der Waals surface area contributed by atoms with Gasteiger partial charge in [-0.15, -0.1) is 23.1 Å². The van der Waals surface area contributed by atoms with Gasteiger partial charge in [0.1, 0.15) is 33.5 Å². The summed E-state index contributed by atoms with van der Waals surface area (Å²) >= 11 is 7.00. The van der Waals surface area contributed by atoms with Crippen molar-refractivity contribution < 1.29 is 9.13 Å². The maximum Gasteiger partial charge on any atom is 0.320 e. The molecule has 43 heavy (non-hydrogen) atoms. The van der Waals surface area contributed by atoms with Gasteiger partial charge in [-0.25, -0.2) is 14.1 Å². The second kappa shape index (κ2) is 11.1. The Morgan fingerprint density at radius 3 is 2.88 bits per heavy atom. The summed E-state index contributed by atoms with van der Waals surface area (Å²) in [5.41, 5.74) is 15.4. The lowest BCUT2D eigenvalue weighted by atomic mass is 9.88. The lowest BCUT2D eigenvalue weighted by Crippen LogP contribution is -2.57. The second-order valence-electron chi connectivity index (χ2n) is 11.2. The Morgan fingerprint density at radius 2 is 2.14 bits per heavy atom. The van der Waals surface area contributed by atoms with Gasteiger partial charge in [-0.05, 0) is 47.8 Å². The van der Waals surface area contributed by atoms with Crippen molar-refractivity contribution in [3.63, 3.8) is 0 Å². The smallest absolute Gasteiger partial charge is 0.320 e. The van der Waals surface area contributed by atoms with Crippen molar-refractivity contribution in [1.82, 2.24) is 29.6 Å². The number of pyridine rings is 1. The molecule has 2 unspecified atom stereocenters. The molecule has 8 heterocycles. The van der Waals surface area contributed by atoms with Crippen LogP contribution in [0.3, 0.4) is 0 Å². The molecule has 0 aliphatic carbocycles. The number of alkyl halides is 1. The van der Waals surface area contributed by atoms with E-state index in [1.165, 1.54) is 29.1 Å². The fourth-order valence-corrected chi connectivity index (χ4v) is 9.99. The van der Waals surface area contributed by atoms with Crippen LogP contribution in [0.2, 0.25) is 0 Å². The van der Waals surface area contributed by atoms with E-state index in [2.05, 4.69) is 51.8 Å². The molecule has 4 aromatic heterocycles. The molecule has 4 aromatic rings. The van der Waals surface area contributed by atoms with Gasteiger partial charge in [-0.2, -0.15) is 20.3 Å². The Labute approximate surface area is 264 Å². The number of rotatable bonds is 4. The maximum atomic E-state index is 12.6. The Balaban J connectivity index is 0.000000283. The number of thiophene rings is 1. The topological polar surface area (TPSA) is 148 Å². The lowest BCUT2D eigenvalue weighted by Gasteiger charge is -2.48. The molecule has 8 rings (SSSR count). The third-order valence-electron chi connectivity index (χ3n) is 8.65. The van der Waals surface area contributed by atoms with Crippen LogP contribution in [0.15, 0.2) is 22.9 Å². The summed E-state index contributed by atoms with van der Waals surface area (Å²) in [4.78, 5) is 19.1. The monoisotopic (exact) mass is 684 g/mol. The molecule has 4 aliphatic heterocycles. The van der Waals surface area contributed by atoms with Gasteiger partial charge in [0.2, 0.25) is 0 Å². The summed E-state index contributed by atoms with van der Waals surface area (Å²) in [6.45, 7) is 3.68. The van der Waals surface area contributed by atoms with E-state index in [1.54, 1.807) is 18.0 Å². The summed E-state index contributed by atoms with van der Waals surface area (Å²) in [6, 6.07) is 6.94. The van der Waals surface area contributed by atoms with E-state index < -0.39 is 6.17 Å². The number of thioether (sulfide) groups is 1. The van der Waals surface area contributed by atoms with Crippen molar-refractivity contribution >= 4 is 66.7 Å². The molecular weight excluding hydrogens is 655 g/mol. The average Bonchev–Trinajstić information content (AvgIpc) is 3.77. The van der Waals surface area contributed by atoms with E-state index >= 15 is 0 Å². The van der Waals surface area contributed by atoms with Crippen molar-refractivity contribution in [3.05, 3.63) is 44.5 Å². The Hall–Kier alpha value is -3.19. The first-order chi connectivity index (χ1) is 20.8. The van der Waals surface area contributed by atoms with Gasteiger partial charge in [-0.3, -0.25) is 4.90 Å².